The zero-order chi connectivity index (χ0) is 39.0. The van der Waals surface area contributed by atoms with Crippen molar-refractivity contribution in [3.8, 4) is 0 Å². The van der Waals surface area contributed by atoms with E-state index in [1.165, 1.54) is 0 Å². The van der Waals surface area contributed by atoms with E-state index in [0.29, 0.717) is 0 Å². The van der Waals surface area contributed by atoms with Crippen molar-refractivity contribution in [2.24, 2.45) is 0 Å². The second kappa shape index (κ2) is 52.5. The second-order valence-corrected chi connectivity index (χ2v) is 24.0. The third-order valence-electron chi connectivity index (χ3n) is 0. The second-order valence-electron chi connectivity index (χ2n) is 2.36. The summed E-state index contributed by atoms with van der Waals surface area (Å²) in [6, 6.07) is 0. The third kappa shape index (κ3) is 18000. The Morgan fingerprint density at radius 1 is 0.262 bits per heavy atom. The molecule has 0 amide bonds. The van der Waals surface area contributed by atoms with Gasteiger partial charge in [0.25, 0.3) is 0 Å². The first kappa shape index (κ1) is 79.4. The van der Waals surface area contributed by atoms with E-state index in [0.717, 1.165) is 0 Å². The topological polar surface area (TPSA) is 509 Å². The van der Waals surface area contributed by atoms with Crippen LogP contribution in [0.4, 0.5) is 0 Å². The molecule has 0 spiro atoms. The average molecular weight is 1170 g/mol. The van der Waals surface area contributed by atoms with Gasteiger partial charge in [-0.25, -0.2) is 0 Å². The molecule has 36 heteroatoms. The summed E-state index contributed by atoms with van der Waals surface area (Å²) >= 11 is -30.2. The van der Waals surface area contributed by atoms with Gasteiger partial charge in [0.05, 0.1) is 42.3 Å². The van der Waals surface area contributed by atoms with Crippen LogP contribution in [0, 0.1) is 0 Å². The quantitative estimate of drug-likeness (QED) is 0.123. The summed E-state index contributed by atoms with van der Waals surface area (Å²) in [7, 11) is 34.6. The van der Waals surface area contributed by atoms with Crippen molar-refractivity contribution >= 4 is 133 Å². The van der Waals surface area contributed by atoms with Gasteiger partial charge < -0.3 is 34.4 Å². The van der Waals surface area contributed by atoms with Gasteiger partial charge in [0.1, 0.15) is 0 Å². The Labute approximate surface area is 278 Å². The molecule has 0 aromatic rings. The molecule has 0 rings (SSSR count). The minimum atomic E-state index is -5.03. The summed E-state index contributed by atoms with van der Waals surface area (Å²) in [5.41, 5.74) is 19.5. The predicted octanol–water partition coefficient (Wildman–Crippen LogP) is -13.6. The first-order chi connectivity index (χ1) is 18.0. The fraction of sp³-hybridized carbons (Fsp3) is 1.00. The zero-order valence-corrected chi connectivity index (χ0v) is 37.1. The van der Waals surface area contributed by atoms with Gasteiger partial charge in [-0.05, 0) is 0 Å². The molecule has 276 valence electrons. The van der Waals surface area contributed by atoms with Crippen LogP contribution in [0.15, 0.2) is 0 Å². The molecule has 0 aromatic heterocycles. The van der Waals surface area contributed by atoms with Gasteiger partial charge in [-0.2, -0.15) is 0 Å². The monoisotopic (exact) mass is 1170 g/mol. The van der Waals surface area contributed by atoms with Crippen molar-refractivity contribution < 1.29 is 106 Å². The molecule has 0 aliphatic heterocycles. The summed E-state index contributed by atoms with van der Waals surface area (Å²) < 4.78 is 160. The van der Waals surface area contributed by atoms with Crippen molar-refractivity contribution in [2.75, 3.05) is 42.3 Å². The molecule has 0 aromatic carbocycles. The number of hydrogen-bond donors (Lipinski definition) is 6. The molecule has 0 atom stereocenters. The van der Waals surface area contributed by atoms with Gasteiger partial charge in [0.2, 0.25) is 0 Å². The van der Waals surface area contributed by atoms with Gasteiger partial charge in [0.15, 0.2) is 0 Å². The normalized spacial score (nSPS) is 9.14. The molecule has 0 bridgehead atoms. The van der Waals surface area contributed by atoms with E-state index in [4.69, 9.17) is 71.1 Å². The van der Waals surface area contributed by atoms with Gasteiger partial charge in [0, 0.05) is 0 Å². The SMILES string of the molecule is C[NH3+].C[NH3+].C[NH3+].C[NH3+].C[NH3+].C[NH3+].O=[Se](=O)([O-])Cl.O=[Se](=O)([O-])Cl.O=[Se](=O)([O-])Cl.O=[Se](=O)([O-])Cl.O=[Se](=O)([O-])Cl.O=[Se](=O)([O-])Cl. The number of halogens is 6. The summed E-state index contributed by atoms with van der Waals surface area (Å²) in [5.74, 6) is 0. The Bertz CT molecular complexity index is 821. The third-order valence-corrected chi connectivity index (χ3v) is 0. The van der Waals surface area contributed by atoms with Gasteiger partial charge in [-0.15, -0.1) is 0 Å². The van der Waals surface area contributed by atoms with E-state index in [1.807, 2.05) is 0 Å². The molecular formula is C6H36Cl6N6O18Se6. The number of rotatable bonds is 0. The molecule has 42 heavy (non-hydrogen) atoms. The van der Waals surface area contributed by atoms with Crippen molar-refractivity contribution in [1.29, 1.82) is 0 Å². The summed E-state index contributed by atoms with van der Waals surface area (Å²) in [5, 5.41) is 0. The van der Waals surface area contributed by atoms with Crippen molar-refractivity contribution in [3.05, 3.63) is 0 Å². The first-order valence-electron chi connectivity index (χ1n) is 8.17. The molecular weight excluding hydrogens is 1130 g/mol. The fourth-order valence-corrected chi connectivity index (χ4v) is 0. The fourth-order valence-electron chi connectivity index (χ4n) is 0. The van der Waals surface area contributed by atoms with Crippen LogP contribution >= 0.6 is 60.6 Å². The Morgan fingerprint density at radius 3 is 0.262 bits per heavy atom. The van der Waals surface area contributed by atoms with E-state index >= 15 is 0 Å². The first-order valence-corrected chi connectivity index (χ1v) is 34.3. The Balaban J connectivity index is -0.0000000240. The van der Waals surface area contributed by atoms with Gasteiger partial charge >= 0.3 is 204 Å². The van der Waals surface area contributed by atoms with E-state index in [1.54, 1.807) is 42.3 Å². The van der Waals surface area contributed by atoms with Crippen LogP contribution in [0.3, 0.4) is 0 Å². The summed E-state index contributed by atoms with van der Waals surface area (Å²) in [4.78, 5) is 0. The van der Waals surface area contributed by atoms with Gasteiger partial charge in [-0.1, -0.05) is 0 Å². The Hall–Kier alpha value is 1.98. The van der Waals surface area contributed by atoms with Crippen LogP contribution in [-0.2, 0) is 46.0 Å². The maximum atomic E-state index is 8.91. The molecule has 0 heterocycles. The van der Waals surface area contributed by atoms with Crippen LogP contribution in [-0.4, -0.2) is 115 Å². The standard InChI is InChI=1S/6CH5N.6ClHO3Se/c6*1-2;6*1-5(2,3)4/h6*2H2,1H3;6*(H,2,3,4). The van der Waals surface area contributed by atoms with Crippen LogP contribution in [0.1, 0.15) is 0 Å². The Kier molecular flexibility index (Phi) is 99.3. The molecule has 0 aliphatic carbocycles. The van der Waals surface area contributed by atoms with E-state index < -0.39 is 72.8 Å². The molecule has 0 unspecified atom stereocenters. The maximum absolute atomic E-state index is 8.91. The molecule has 0 radical (unpaired) electrons. The molecule has 0 aliphatic rings. The molecule has 0 saturated heterocycles. The van der Waals surface area contributed by atoms with Crippen LogP contribution < -0.4 is 59.5 Å². The number of quaternary nitrogens is 6. The van der Waals surface area contributed by atoms with Crippen LogP contribution in [0.5, 0.6) is 0 Å². The zero-order valence-electron chi connectivity index (χ0n) is 22.3. The molecule has 0 fully saturated rings. The summed E-state index contributed by atoms with van der Waals surface area (Å²) in [6.07, 6.45) is 0. The minimum absolute atomic E-state index is 1.75. The predicted molar refractivity (Wildman–Crippen MR) is 131 cm³/mol. The number of hydrogen-bond acceptors (Lipinski definition) is 18. The van der Waals surface area contributed by atoms with E-state index in [-0.39, 0.29) is 0 Å². The molecule has 18 N–H and O–H groups in total. The summed E-state index contributed by atoms with van der Waals surface area (Å²) in [6.45, 7) is 0. The van der Waals surface area contributed by atoms with Gasteiger partial charge in [-0.3, -0.25) is 0 Å². The van der Waals surface area contributed by atoms with Crippen molar-refractivity contribution in [2.45, 2.75) is 0 Å². The van der Waals surface area contributed by atoms with Crippen LogP contribution in [0.2, 0.25) is 0 Å². The van der Waals surface area contributed by atoms with E-state index in [2.05, 4.69) is 95.0 Å². The van der Waals surface area contributed by atoms with Crippen molar-refractivity contribution in [1.82, 2.24) is 0 Å². The Morgan fingerprint density at radius 2 is 0.262 bits per heavy atom. The van der Waals surface area contributed by atoms with Crippen molar-refractivity contribution in [3.63, 3.8) is 0 Å². The van der Waals surface area contributed by atoms with E-state index in [9.17, 15) is 0 Å². The molecule has 24 nitrogen and oxygen atoms in total. The van der Waals surface area contributed by atoms with Crippen LogP contribution in [0.25, 0.3) is 0 Å². The average Bonchev–Trinajstić information content (AvgIpc) is 2.69. The molecule has 0 saturated carbocycles.